The quantitative estimate of drug-likeness (QED) is 0.237. The van der Waals surface area contributed by atoms with Gasteiger partial charge in [0.05, 0.1) is 6.54 Å². The first-order valence-corrected chi connectivity index (χ1v) is 7.94. The third kappa shape index (κ3) is 60.0. The van der Waals surface area contributed by atoms with E-state index in [4.69, 9.17) is 16.4 Å². The minimum atomic E-state index is -0.711. The average molecular weight is 345 g/mol. The van der Waals surface area contributed by atoms with Crippen molar-refractivity contribution < 1.29 is 19.5 Å². The van der Waals surface area contributed by atoms with Crippen LogP contribution in [0.5, 0.6) is 0 Å². The standard InChI is InChI=1S/C4H7N3O.C4H7NO.C4H8O2.C3H9N/c1-2-3-4(8)6-7-5;1-2-3-5-4-6;1-2-3-4(5)6;1-2-3-4/h2-3H2,1H3;2-3H2,1H3;2-3H2,1H3,(H,5,6);2-4H2,1H3. The van der Waals surface area contributed by atoms with Crippen molar-refractivity contribution in [3.8, 4) is 0 Å². The van der Waals surface area contributed by atoms with Crippen LogP contribution in [0.25, 0.3) is 10.4 Å². The average Bonchev–Trinajstić information content (AvgIpc) is 2.54. The summed E-state index contributed by atoms with van der Waals surface area (Å²) in [5.41, 5.74) is 12.7. The molecule has 24 heavy (non-hydrogen) atoms. The Morgan fingerprint density at radius 3 is 1.75 bits per heavy atom. The number of carboxylic acid groups (broad SMARTS) is 1. The number of isocyanates is 1. The van der Waals surface area contributed by atoms with Gasteiger partial charge in [0.2, 0.25) is 12.0 Å². The molecule has 0 saturated carbocycles. The van der Waals surface area contributed by atoms with E-state index in [1.165, 1.54) is 6.08 Å². The Balaban J connectivity index is -0.000000114. The molecule has 3 N–H and O–H groups in total. The lowest BCUT2D eigenvalue weighted by Crippen LogP contribution is -1.93. The van der Waals surface area contributed by atoms with Gasteiger partial charge in [-0.05, 0) is 42.9 Å². The minimum absolute atomic E-state index is 0.292. The van der Waals surface area contributed by atoms with Crippen molar-refractivity contribution >= 4 is 18.0 Å². The summed E-state index contributed by atoms with van der Waals surface area (Å²) in [7, 11) is 0. The van der Waals surface area contributed by atoms with Crippen molar-refractivity contribution in [1.29, 1.82) is 0 Å². The van der Waals surface area contributed by atoms with Crippen LogP contribution in [-0.2, 0) is 14.4 Å². The maximum atomic E-state index is 10.2. The van der Waals surface area contributed by atoms with Gasteiger partial charge in [-0.1, -0.05) is 27.7 Å². The number of hydrogen-bond donors (Lipinski definition) is 2. The van der Waals surface area contributed by atoms with Gasteiger partial charge in [-0.25, -0.2) is 9.79 Å². The van der Waals surface area contributed by atoms with Gasteiger partial charge in [0.1, 0.15) is 0 Å². The van der Waals surface area contributed by atoms with Crippen molar-refractivity contribution in [2.24, 2.45) is 15.8 Å². The van der Waals surface area contributed by atoms with Crippen LogP contribution in [0.3, 0.4) is 0 Å². The highest BCUT2D eigenvalue weighted by Gasteiger charge is 1.91. The van der Waals surface area contributed by atoms with Gasteiger partial charge in [-0.15, -0.1) is 0 Å². The molecule has 0 aliphatic carbocycles. The van der Waals surface area contributed by atoms with E-state index < -0.39 is 5.97 Å². The number of carbonyl (C=O) groups excluding carboxylic acids is 2. The maximum Gasteiger partial charge on any atom is 0.303 e. The highest BCUT2D eigenvalue weighted by Crippen LogP contribution is 1.88. The largest absolute Gasteiger partial charge is 0.481 e. The van der Waals surface area contributed by atoms with Crippen molar-refractivity contribution in [3.05, 3.63) is 10.4 Å². The summed E-state index contributed by atoms with van der Waals surface area (Å²) >= 11 is 0. The van der Waals surface area contributed by atoms with E-state index in [0.29, 0.717) is 19.4 Å². The first-order valence-electron chi connectivity index (χ1n) is 7.94. The van der Waals surface area contributed by atoms with Gasteiger partial charge in [0.15, 0.2) is 0 Å². The van der Waals surface area contributed by atoms with Gasteiger partial charge in [-0.2, -0.15) is 0 Å². The Morgan fingerprint density at radius 1 is 1.08 bits per heavy atom. The summed E-state index contributed by atoms with van der Waals surface area (Å²) in [5, 5.41) is 10.8. The molecule has 0 aliphatic heterocycles. The Kier molecular flexibility index (Phi) is 40.5. The van der Waals surface area contributed by atoms with E-state index in [-0.39, 0.29) is 5.91 Å². The normalized spacial score (nSPS) is 7.54. The number of aliphatic carboxylic acids is 1. The molecule has 0 aliphatic rings. The molecule has 9 heteroatoms. The van der Waals surface area contributed by atoms with Gasteiger partial charge in [-0.3, -0.25) is 9.59 Å². The van der Waals surface area contributed by atoms with E-state index in [9.17, 15) is 14.4 Å². The zero-order valence-corrected chi connectivity index (χ0v) is 15.2. The lowest BCUT2D eigenvalue weighted by atomic mass is 10.3. The number of amides is 1. The predicted octanol–water partition coefficient (Wildman–Crippen LogP) is 3.58. The first kappa shape index (κ1) is 29.8. The van der Waals surface area contributed by atoms with E-state index in [1.54, 1.807) is 0 Å². The minimum Gasteiger partial charge on any atom is -0.481 e. The molecular formula is C15H31N5O4. The Bertz CT molecular complexity index is 370. The zero-order chi connectivity index (χ0) is 19.6. The molecule has 0 bridgehead atoms. The molecule has 0 saturated heterocycles. The fourth-order valence-corrected chi connectivity index (χ4v) is 0.685. The molecule has 0 fully saturated rings. The second-order valence-electron chi connectivity index (χ2n) is 4.24. The van der Waals surface area contributed by atoms with Crippen LogP contribution in [0.2, 0.25) is 0 Å². The highest BCUT2D eigenvalue weighted by atomic mass is 16.4. The number of hydrogen-bond acceptors (Lipinski definition) is 5. The van der Waals surface area contributed by atoms with Crippen LogP contribution in [0.1, 0.15) is 66.2 Å². The number of rotatable bonds is 7. The lowest BCUT2D eigenvalue weighted by Gasteiger charge is -1.81. The second kappa shape index (κ2) is 32.7. The third-order valence-corrected chi connectivity index (χ3v) is 1.77. The third-order valence-electron chi connectivity index (χ3n) is 1.77. The molecule has 0 atom stereocenters. The molecule has 0 spiro atoms. The summed E-state index contributed by atoms with van der Waals surface area (Å²) in [6.07, 6.45) is 5.58. The van der Waals surface area contributed by atoms with Crippen molar-refractivity contribution in [3.63, 3.8) is 0 Å². The number of carboxylic acids is 1. The van der Waals surface area contributed by atoms with E-state index in [2.05, 4.69) is 21.9 Å². The number of carbonyl (C=O) groups is 2. The van der Waals surface area contributed by atoms with Gasteiger partial charge in [0, 0.05) is 17.8 Å². The molecule has 0 aromatic heterocycles. The summed E-state index contributed by atoms with van der Waals surface area (Å²) < 4.78 is 0. The number of azide groups is 1. The summed E-state index contributed by atoms with van der Waals surface area (Å²) in [4.78, 5) is 34.7. The molecule has 0 heterocycles. The molecule has 0 unspecified atom stereocenters. The molecule has 0 aromatic carbocycles. The van der Waals surface area contributed by atoms with E-state index in [0.717, 1.165) is 32.2 Å². The summed E-state index contributed by atoms with van der Waals surface area (Å²) in [6.45, 7) is 9.14. The zero-order valence-electron chi connectivity index (χ0n) is 15.2. The van der Waals surface area contributed by atoms with Crippen LogP contribution in [-0.4, -0.2) is 36.2 Å². The number of aliphatic imine (C=N–C) groups is 1. The molecule has 0 aromatic rings. The SMILES string of the molecule is CCCC(=O)N=[N+]=[N-].CCCC(=O)O.CCCN.CCCN=C=O. The van der Waals surface area contributed by atoms with Gasteiger partial charge in [0.25, 0.3) is 0 Å². The molecular weight excluding hydrogens is 314 g/mol. The van der Waals surface area contributed by atoms with Gasteiger partial charge < -0.3 is 10.8 Å². The number of nitrogens with zero attached hydrogens (tertiary/aromatic N) is 4. The fraction of sp³-hybridized carbons (Fsp3) is 0.800. The maximum absolute atomic E-state index is 10.2. The second-order valence-corrected chi connectivity index (χ2v) is 4.24. The smallest absolute Gasteiger partial charge is 0.303 e. The lowest BCUT2D eigenvalue weighted by molar-refractivity contribution is -0.137. The van der Waals surface area contributed by atoms with E-state index >= 15 is 0 Å². The monoisotopic (exact) mass is 345 g/mol. The first-order chi connectivity index (χ1) is 11.4. The molecule has 140 valence electrons. The van der Waals surface area contributed by atoms with Crippen LogP contribution in [0, 0.1) is 0 Å². The molecule has 0 rings (SSSR count). The van der Waals surface area contributed by atoms with Gasteiger partial charge >= 0.3 is 5.97 Å². The van der Waals surface area contributed by atoms with Crippen molar-refractivity contribution in [1.82, 2.24) is 0 Å². The summed E-state index contributed by atoms with van der Waals surface area (Å²) in [6, 6.07) is 0. The van der Waals surface area contributed by atoms with Crippen LogP contribution >= 0.6 is 0 Å². The predicted molar refractivity (Wildman–Crippen MR) is 94.2 cm³/mol. The van der Waals surface area contributed by atoms with Crippen LogP contribution in [0.4, 0.5) is 0 Å². The van der Waals surface area contributed by atoms with Crippen LogP contribution < -0.4 is 5.73 Å². The van der Waals surface area contributed by atoms with E-state index in [1.807, 2.05) is 20.8 Å². The Hall–Kier alpha value is -2.21. The molecule has 9 nitrogen and oxygen atoms in total. The Morgan fingerprint density at radius 2 is 1.58 bits per heavy atom. The Labute approximate surface area is 144 Å². The molecule has 1 amide bonds. The topological polar surface area (TPSA) is 159 Å². The van der Waals surface area contributed by atoms with Crippen molar-refractivity contribution in [2.75, 3.05) is 13.1 Å². The summed E-state index contributed by atoms with van der Waals surface area (Å²) in [5.74, 6) is -1.09. The molecule has 0 radical (unpaired) electrons. The van der Waals surface area contributed by atoms with Crippen LogP contribution in [0.15, 0.2) is 10.1 Å². The highest BCUT2D eigenvalue weighted by molar-refractivity contribution is 5.76. The fourth-order valence-electron chi connectivity index (χ4n) is 0.685. The number of nitrogens with two attached hydrogens (primary N) is 1. The van der Waals surface area contributed by atoms with Crippen molar-refractivity contribution in [2.45, 2.75) is 66.2 Å².